The van der Waals surface area contributed by atoms with Crippen LogP contribution in [0.1, 0.15) is 25.3 Å². The largest absolute Gasteiger partial charge is 0.381 e. The van der Waals surface area contributed by atoms with Gasteiger partial charge in [0.1, 0.15) is 13.0 Å². The van der Waals surface area contributed by atoms with Gasteiger partial charge in [-0.05, 0) is 17.7 Å². The maximum atomic E-state index is 12.3. The predicted octanol–water partition coefficient (Wildman–Crippen LogP) is 3.84. The second-order valence-corrected chi connectivity index (χ2v) is 8.08. The van der Waals surface area contributed by atoms with Crippen molar-refractivity contribution >= 4 is 23.1 Å². The standard InChI is InChI=1S/C11H16BrO2P/c1-3-15(14,4-2)11(13)9-5-7-10(12)8-6-9/h5-8,11,13H,3-4H2,1-2H3. The summed E-state index contributed by atoms with van der Waals surface area (Å²) in [6.45, 7) is 3.73. The molecule has 0 spiro atoms. The molecule has 1 atom stereocenters. The van der Waals surface area contributed by atoms with E-state index in [1.54, 1.807) is 0 Å². The average Bonchev–Trinajstić information content (AvgIpc) is 2.28. The zero-order valence-electron chi connectivity index (χ0n) is 8.98. The molecule has 84 valence electrons. The molecule has 0 fully saturated rings. The average molecular weight is 291 g/mol. The molecule has 0 saturated carbocycles. The fraction of sp³-hybridized carbons (Fsp3) is 0.455. The van der Waals surface area contributed by atoms with Crippen LogP contribution in [0.2, 0.25) is 0 Å². The Kier molecular flexibility index (Phi) is 4.57. The van der Waals surface area contributed by atoms with E-state index in [4.69, 9.17) is 0 Å². The Bertz CT molecular complexity index is 353. The van der Waals surface area contributed by atoms with Crippen LogP contribution < -0.4 is 0 Å². The Morgan fingerprint density at radius 3 is 2.13 bits per heavy atom. The lowest BCUT2D eigenvalue weighted by atomic mass is 10.2. The van der Waals surface area contributed by atoms with Gasteiger partial charge in [0.25, 0.3) is 0 Å². The van der Waals surface area contributed by atoms with Crippen molar-refractivity contribution in [3.05, 3.63) is 34.3 Å². The zero-order valence-corrected chi connectivity index (χ0v) is 11.5. The molecule has 0 aliphatic rings. The quantitative estimate of drug-likeness (QED) is 0.856. The van der Waals surface area contributed by atoms with Gasteiger partial charge in [0.2, 0.25) is 0 Å². The maximum absolute atomic E-state index is 12.3. The zero-order chi connectivity index (χ0) is 11.5. The first-order valence-electron chi connectivity index (χ1n) is 5.04. The summed E-state index contributed by atoms with van der Waals surface area (Å²) >= 11 is 3.33. The van der Waals surface area contributed by atoms with E-state index >= 15 is 0 Å². The van der Waals surface area contributed by atoms with E-state index in [0.717, 1.165) is 10.0 Å². The summed E-state index contributed by atoms with van der Waals surface area (Å²) in [6, 6.07) is 7.34. The lowest BCUT2D eigenvalue weighted by Crippen LogP contribution is -2.03. The molecule has 0 aliphatic carbocycles. The molecule has 0 aliphatic heterocycles. The predicted molar refractivity (Wildman–Crippen MR) is 67.8 cm³/mol. The van der Waals surface area contributed by atoms with Gasteiger partial charge in [-0.25, -0.2) is 0 Å². The highest BCUT2D eigenvalue weighted by atomic mass is 79.9. The van der Waals surface area contributed by atoms with Crippen LogP contribution in [0.25, 0.3) is 0 Å². The molecule has 0 bridgehead atoms. The van der Waals surface area contributed by atoms with Crippen molar-refractivity contribution in [3.63, 3.8) is 0 Å². The van der Waals surface area contributed by atoms with Gasteiger partial charge >= 0.3 is 0 Å². The maximum Gasteiger partial charge on any atom is 0.132 e. The topological polar surface area (TPSA) is 37.3 Å². The number of hydrogen-bond acceptors (Lipinski definition) is 2. The molecule has 0 aromatic heterocycles. The molecule has 0 saturated heterocycles. The normalized spacial score (nSPS) is 13.9. The molecule has 15 heavy (non-hydrogen) atoms. The summed E-state index contributed by atoms with van der Waals surface area (Å²) in [4.78, 5) is 0. The summed E-state index contributed by atoms with van der Waals surface area (Å²) in [5.41, 5.74) is 0.741. The van der Waals surface area contributed by atoms with E-state index in [-0.39, 0.29) is 0 Å². The van der Waals surface area contributed by atoms with Crippen LogP contribution in [0.4, 0.5) is 0 Å². The smallest absolute Gasteiger partial charge is 0.132 e. The highest BCUT2D eigenvalue weighted by Crippen LogP contribution is 2.56. The van der Waals surface area contributed by atoms with Gasteiger partial charge in [-0.3, -0.25) is 0 Å². The molecule has 0 heterocycles. The van der Waals surface area contributed by atoms with Gasteiger partial charge in [0.05, 0.1) is 0 Å². The molecule has 0 amide bonds. The number of aliphatic hydroxyl groups is 1. The summed E-state index contributed by atoms with van der Waals surface area (Å²) in [6.07, 6.45) is 1.08. The number of halogens is 1. The van der Waals surface area contributed by atoms with Crippen molar-refractivity contribution in [3.8, 4) is 0 Å². The molecule has 0 radical (unpaired) electrons. The Morgan fingerprint density at radius 2 is 1.73 bits per heavy atom. The van der Waals surface area contributed by atoms with E-state index in [1.807, 2.05) is 38.1 Å². The fourth-order valence-corrected chi connectivity index (χ4v) is 3.59. The summed E-state index contributed by atoms with van der Waals surface area (Å²) in [7, 11) is -2.47. The first-order chi connectivity index (χ1) is 7.03. The molecule has 1 aromatic rings. The van der Waals surface area contributed by atoms with E-state index < -0.39 is 13.0 Å². The molecular formula is C11H16BrO2P. The van der Waals surface area contributed by atoms with Crippen molar-refractivity contribution in [1.82, 2.24) is 0 Å². The van der Waals surface area contributed by atoms with Gasteiger partial charge in [-0.2, -0.15) is 0 Å². The molecule has 1 rings (SSSR count). The fourth-order valence-electron chi connectivity index (χ4n) is 1.48. The summed E-state index contributed by atoms with van der Waals surface area (Å²) in [5.74, 6) is -0.819. The van der Waals surface area contributed by atoms with Crippen LogP contribution in [0, 0.1) is 0 Å². The third-order valence-corrected chi connectivity index (χ3v) is 6.54. The minimum atomic E-state index is -2.47. The Labute approximate surface area is 99.2 Å². The van der Waals surface area contributed by atoms with E-state index in [1.165, 1.54) is 0 Å². The highest BCUT2D eigenvalue weighted by molar-refractivity contribution is 9.10. The molecular weight excluding hydrogens is 275 g/mol. The Morgan fingerprint density at radius 1 is 1.27 bits per heavy atom. The number of rotatable bonds is 4. The van der Waals surface area contributed by atoms with E-state index in [9.17, 15) is 9.67 Å². The van der Waals surface area contributed by atoms with Crippen molar-refractivity contribution in [2.45, 2.75) is 19.7 Å². The first-order valence-corrected chi connectivity index (χ1v) is 7.98. The molecule has 1 aromatic carbocycles. The number of hydrogen-bond donors (Lipinski definition) is 1. The number of aliphatic hydroxyl groups excluding tert-OH is 1. The monoisotopic (exact) mass is 290 g/mol. The second-order valence-electron chi connectivity index (χ2n) is 3.51. The minimum absolute atomic E-state index is 0.542. The van der Waals surface area contributed by atoms with Crippen molar-refractivity contribution < 1.29 is 9.67 Å². The third kappa shape index (κ3) is 2.93. The van der Waals surface area contributed by atoms with Crippen LogP contribution >= 0.6 is 23.1 Å². The SMILES string of the molecule is CCP(=O)(CC)C(O)c1ccc(Br)cc1. The molecule has 2 nitrogen and oxygen atoms in total. The van der Waals surface area contributed by atoms with Crippen LogP contribution in [-0.4, -0.2) is 17.4 Å². The van der Waals surface area contributed by atoms with Gasteiger partial charge in [0.15, 0.2) is 0 Å². The number of benzene rings is 1. The van der Waals surface area contributed by atoms with Gasteiger partial charge in [-0.15, -0.1) is 0 Å². The van der Waals surface area contributed by atoms with Gasteiger partial charge in [0, 0.05) is 16.8 Å². The Hall–Kier alpha value is -0.110. The molecule has 1 N–H and O–H groups in total. The van der Waals surface area contributed by atoms with Gasteiger partial charge in [-0.1, -0.05) is 41.9 Å². The highest BCUT2D eigenvalue weighted by Gasteiger charge is 2.28. The lowest BCUT2D eigenvalue weighted by molar-refractivity contribution is 0.253. The van der Waals surface area contributed by atoms with Crippen molar-refractivity contribution in [2.24, 2.45) is 0 Å². The van der Waals surface area contributed by atoms with Gasteiger partial charge < -0.3 is 9.67 Å². The molecule has 4 heteroatoms. The second kappa shape index (κ2) is 5.29. The van der Waals surface area contributed by atoms with E-state index in [2.05, 4.69) is 15.9 Å². The van der Waals surface area contributed by atoms with Crippen LogP contribution in [0.15, 0.2) is 28.7 Å². The van der Waals surface area contributed by atoms with Crippen LogP contribution in [0.5, 0.6) is 0 Å². The minimum Gasteiger partial charge on any atom is -0.381 e. The van der Waals surface area contributed by atoms with Crippen LogP contribution in [0.3, 0.4) is 0 Å². The Balaban J connectivity index is 2.98. The molecule has 1 unspecified atom stereocenters. The van der Waals surface area contributed by atoms with E-state index in [0.29, 0.717) is 12.3 Å². The lowest BCUT2D eigenvalue weighted by Gasteiger charge is -2.21. The van der Waals surface area contributed by atoms with Crippen LogP contribution in [-0.2, 0) is 4.57 Å². The third-order valence-electron chi connectivity index (χ3n) is 2.68. The van der Waals surface area contributed by atoms with Crippen molar-refractivity contribution in [1.29, 1.82) is 0 Å². The van der Waals surface area contributed by atoms with Crippen molar-refractivity contribution in [2.75, 3.05) is 12.3 Å². The first kappa shape index (κ1) is 13.0. The summed E-state index contributed by atoms with van der Waals surface area (Å²) in [5, 5.41) is 10.1. The summed E-state index contributed by atoms with van der Waals surface area (Å²) < 4.78 is 13.2.